The molecule has 3 aromatic carbocycles. The number of nitrogens with one attached hydrogen (secondary N) is 3. The topological polar surface area (TPSA) is 134 Å². The molecule has 0 unspecified atom stereocenters. The Morgan fingerprint density at radius 1 is 0.846 bits per heavy atom. The molecule has 0 bridgehead atoms. The lowest BCUT2D eigenvalue weighted by molar-refractivity contribution is 0.0498. The van der Waals surface area contributed by atoms with Gasteiger partial charge in [0, 0.05) is 12.2 Å². The number of amides is 4. The Labute approximate surface area is 233 Å². The number of sulfonamides is 1. The highest BCUT2D eigenvalue weighted by molar-refractivity contribution is 7.90. The molecule has 0 heterocycles. The van der Waals surface area contributed by atoms with Gasteiger partial charge in [0.15, 0.2) is 0 Å². The fourth-order valence-electron chi connectivity index (χ4n) is 3.29. The van der Waals surface area contributed by atoms with Crippen molar-refractivity contribution in [3.05, 3.63) is 89.5 Å². The molecule has 0 saturated carbocycles. The van der Waals surface area contributed by atoms with Crippen LogP contribution in [0.15, 0.2) is 77.7 Å². The maximum absolute atomic E-state index is 12.3. The third kappa shape index (κ3) is 9.04. The number of nitrogens with zero attached hydrogens (tertiary/aromatic N) is 1. The number of benzene rings is 3. The van der Waals surface area contributed by atoms with Crippen molar-refractivity contribution in [2.24, 2.45) is 0 Å². The summed E-state index contributed by atoms with van der Waals surface area (Å²) in [5.74, 6) is -0.544. The number of ether oxygens (including phenoxy) is 1. The van der Waals surface area contributed by atoms with Gasteiger partial charge in [0.25, 0.3) is 10.0 Å². The highest BCUT2D eigenvalue weighted by atomic mass is 32.2. The van der Waals surface area contributed by atoms with Gasteiger partial charge in [-0.05, 0) is 75.2 Å². The first-order valence-electron chi connectivity index (χ1n) is 12.1. The van der Waals surface area contributed by atoms with Gasteiger partial charge in [-0.2, -0.15) is 0 Å². The molecule has 12 heteroatoms. The number of unbranched alkanes of at least 4 members (excludes halogenated alkanes) is 1. The highest BCUT2D eigenvalue weighted by Crippen LogP contribution is 2.17. The van der Waals surface area contributed by atoms with Gasteiger partial charge in [-0.1, -0.05) is 48.2 Å². The predicted molar refractivity (Wildman–Crippen MR) is 153 cm³/mol. The first-order valence-corrected chi connectivity index (χ1v) is 13.9. The maximum atomic E-state index is 12.3. The van der Waals surface area contributed by atoms with Crippen molar-refractivity contribution in [2.75, 3.05) is 22.8 Å². The third-order valence-electron chi connectivity index (χ3n) is 5.49. The fourth-order valence-corrected chi connectivity index (χ4v) is 4.40. The Hall–Kier alpha value is -4.03. The third-order valence-corrected chi connectivity index (χ3v) is 7.25. The Morgan fingerprint density at radius 3 is 2.05 bits per heavy atom. The second-order valence-electron chi connectivity index (χ2n) is 8.67. The number of urea groups is 2. The SMILES string of the molecule is Cc1ccc(N(S)C(=O)NCCCCOC(=O)c2ccc(NC(=O)NS(=O)(=O)c3ccc(C)cc3)cc2)cc1. The largest absolute Gasteiger partial charge is 0.462 e. The lowest BCUT2D eigenvalue weighted by atomic mass is 10.2. The van der Waals surface area contributed by atoms with Gasteiger partial charge >= 0.3 is 18.0 Å². The Kier molecular flexibility index (Phi) is 10.4. The molecule has 0 saturated heterocycles. The molecule has 206 valence electrons. The number of hydrogen-bond acceptors (Lipinski definition) is 7. The van der Waals surface area contributed by atoms with Crippen LogP contribution in [0.4, 0.5) is 21.0 Å². The molecule has 3 rings (SSSR count). The second-order valence-corrected chi connectivity index (χ2v) is 10.8. The molecular weight excluding hydrogens is 540 g/mol. The van der Waals surface area contributed by atoms with Crippen molar-refractivity contribution in [3.8, 4) is 0 Å². The molecule has 3 aromatic rings. The van der Waals surface area contributed by atoms with E-state index in [9.17, 15) is 22.8 Å². The van der Waals surface area contributed by atoms with Gasteiger partial charge in [0.05, 0.1) is 22.8 Å². The highest BCUT2D eigenvalue weighted by Gasteiger charge is 2.18. The molecular formula is C27H30N4O6S2. The van der Waals surface area contributed by atoms with Crippen molar-refractivity contribution in [1.29, 1.82) is 0 Å². The van der Waals surface area contributed by atoms with E-state index in [0.717, 1.165) is 11.1 Å². The van der Waals surface area contributed by atoms with Crippen molar-refractivity contribution < 1.29 is 27.5 Å². The van der Waals surface area contributed by atoms with Crippen LogP contribution in [0.5, 0.6) is 0 Å². The molecule has 10 nitrogen and oxygen atoms in total. The van der Waals surface area contributed by atoms with Crippen molar-refractivity contribution >= 4 is 52.2 Å². The summed E-state index contributed by atoms with van der Waals surface area (Å²) < 4.78 is 33.1. The lowest BCUT2D eigenvalue weighted by Crippen LogP contribution is -2.34. The number of aryl methyl sites for hydroxylation is 2. The predicted octanol–water partition coefficient (Wildman–Crippen LogP) is 4.81. The summed E-state index contributed by atoms with van der Waals surface area (Å²) in [5, 5.41) is 5.17. The van der Waals surface area contributed by atoms with Crippen LogP contribution in [0.2, 0.25) is 0 Å². The van der Waals surface area contributed by atoms with Crippen molar-refractivity contribution in [3.63, 3.8) is 0 Å². The van der Waals surface area contributed by atoms with Gasteiger partial charge in [-0.25, -0.2) is 31.8 Å². The molecule has 0 radical (unpaired) electrons. The van der Waals surface area contributed by atoms with Gasteiger partial charge in [0.2, 0.25) is 0 Å². The van der Waals surface area contributed by atoms with Crippen molar-refractivity contribution in [1.82, 2.24) is 10.0 Å². The number of thiol groups is 1. The van der Waals surface area contributed by atoms with E-state index in [2.05, 4.69) is 23.4 Å². The Bertz CT molecular complexity index is 1390. The molecule has 0 aliphatic rings. The molecule has 0 aliphatic carbocycles. The normalized spacial score (nSPS) is 10.8. The average Bonchev–Trinajstić information content (AvgIpc) is 2.90. The zero-order chi connectivity index (χ0) is 28.4. The molecule has 0 spiro atoms. The number of carbonyl (C=O) groups is 3. The van der Waals surface area contributed by atoms with Gasteiger partial charge in [-0.3, -0.25) is 0 Å². The average molecular weight is 571 g/mol. The first kappa shape index (κ1) is 29.5. The molecule has 0 fully saturated rings. The monoisotopic (exact) mass is 570 g/mol. The second kappa shape index (κ2) is 13.7. The smallest absolute Gasteiger partial charge is 0.338 e. The van der Waals surface area contributed by atoms with Crippen molar-refractivity contribution in [2.45, 2.75) is 31.6 Å². The van der Waals surface area contributed by atoms with E-state index in [1.54, 1.807) is 24.3 Å². The summed E-state index contributed by atoms with van der Waals surface area (Å²) in [4.78, 5) is 36.6. The van der Waals surface area contributed by atoms with E-state index < -0.39 is 22.0 Å². The molecule has 39 heavy (non-hydrogen) atoms. The lowest BCUT2D eigenvalue weighted by Gasteiger charge is -2.16. The van der Waals surface area contributed by atoms with Crippen LogP contribution in [0.1, 0.15) is 34.3 Å². The van der Waals surface area contributed by atoms with Gasteiger partial charge < -0.3 is 15.4 Å². The molecule has 0 aromatic heterocycles. The summed E-state index contributed by atoms with van der Waals surface area (Å²) in [6.07, 6.45) is 1.14. The molecule has 3 N–H and O–H groups in total. The molecule has 0 atom stereocenters. The van der Waals surface area contributed by atoms with Crippen LogP contribution < -0.4 is 19.7 Å². The maximum Gasteiger partial charge on any atom is 0.338 e. The van der Waals surface area contributed by atoms with Crippen LogP contribution in [0.3, 0.4) is 0 Å². The van der Waals surface area contributed by atoms with Crippen LogP contribution in [-0.2, 0) is 14.8 Å². The van der Waals surface area contributed by atoms with E-state index in [1.807, 2.05) is 30.7 Å². The van der Waals surface area contributed by atoms with E-state index in [0.29, 0.717) is 30.8 Å². The van der Waals surface area contributed by atoms with E-state index in [1.165, 1.54) is 40.7 Å². The zero-order valence-electron chi connectivity index (χ0n) is 21.5. The van der Waals surface area contributed by atoms with Crippen LogP contribution >= 0.6 is 12.8 Å². The zero-order valence-corrected chi connectivity index (χ0v) is 23.2. The quantitative estimate of drug-likeness (QED) is 0.157. The summed E-state index contributed by atoms with van der Waals surface area (Å²) in [5.41, 5.74) is 3.19. The number of anilines is 2. The minimum Gasteiger partial charge on any atom is -0.462 e. The van der Waals surface area contributed by atoms with E-state index in [4.69, 9.17) is 4.74 Å². The fraction of sp³-hybridized carbons (Fsp3) is 0.222. The van der Waals surface area contributed by atoms with Gasteiger partial charge in [-0.15, -0.1) is 0 Å². The number of hydrogen-bond donors (Lipinski definition) is 4. The Morgan fingerprint density at radius 2 is 1.44 bits per heavy atom. The van der Waals surface area contributed by atoms with E-state index >= 15 is 0 Å². The number of rotatable bonds is 10. The number of esters is 1. The van der Waals surface area contributed by atoms with E-state index in [-0.39, 0.29) is 23.1 Å². The summed E-state index contributed by atoms with van der Waals surface area (Å²) in [6, 6.07) is 18.0. The Balaban J connectivity index is 1.36. The summed E-state index contributed by atoms with van der Waals surface area (Å²) >= 11 is 4.22. The van der Waals surface area contributed by atoms with Gasteiger partial charge in [0.1, 0.15) is 0 Å². The van der Waals surface area contributed by atoms with Crippen LogP contribution in [-0.4, -0.2) is 39.6 Å². The number of carbonyl (C=O) groups excluding carboxylic acids is 3. The summed E-state index contributed by atoms with van der Waals surface area (Å²) in [7, 11) is -4.02. The minimum atomic E-state index is -4.02. The minimum absolute atomic E-state index is 0.0327. The summed E-state index contributed by atoms with van der Waals surface area (Å²) in [6.45, 7) is 4.33. The van der Waals surface area contributed by atoms with Crippen LogP contribution in [0, 0.1) is 13.8 Å². The first-order chi connectivity index (χ1) is 18.5. The van der Waals surface area contributed by atoms with Crippen LogP contribution in [0.25, 0.3) is 0 Å². The molecule has 4 amide bonds. The molecule has 0 aliphatic heterocycles. The standard InChI is InChI=1S/C27H30N4O6S2/c1-19-5-13-23(14-6-19)31(38)27(34)28-17-3-4-18-37-25(32)21-9-11-22(12-10-21)29-26(33)30-39(35,36)24-15-7-20(2)8-16-24/h5-16,38H,3-4,17-18H2,1-2H3,(H,28,34)(H2,29,30,33).